The Kier molecular flexibility index (Phi) is 4.32. The summed E-state index contributed by atoms with van der Waals surface area (Å²) in [6.07, 6.45) is 0. The van der Waals surface area contributed by atoms with Gasteiger partial charge in [-0.15, -0.1) is 0 Å². The van der Waals surface area contributed by atoms with E-state index in [1.54, 1.807) is 0 Å². The first-order valence-corrected chi connectivity index (χ1v) is 9.04. The van der Waals surface area contributed by atoms with Crippen LogP contribution in [-0.2, 0) is 6.54 Å². The summed E-state index contributed by atoms with van der Waals surface area (Å²) in [5, 5.41) is 0. The van der Waals surface area contributed by atoms with Gasteiger partial charge in [0.05, 0.1) is 17.6 Å². The largest absolute Gasteiger partial charge is 0.341 e. The van der Waals surface area contributed by atoms with Gasteiger partial charge >= 0.3 is 0 Å². The van der Waals surface area contributed by atoms with Crippen molar-refractivity contribution in [1.29, 1.82) is 0 Å². The number of H-pyrrole nitrogens is 1. The molecule has 1 aliphatic rings. The number of aromatic nitrogens is 2. The van der Waals surface area contributed by atoms with Crippen LogP contribution in [0.25, 0.3) is 11.0 Å². The second-order valence-corrected chi connectivity index (χ2v) is 7.23. The van der Waals surface area contributed by atoms with E-state index in [-0.39, 0.29) is 0 Å². The zero-order valence-electron chi connectivity index (χ0n) is 15.3. The molecule has 25 heavy (non-hydrogen) atoms. The summed E-state index contributed by atoms with van der Waals surface area (Å²) >= 11 is 0. The zero-order valence-corrected chi connectivity index (χ0v) is 15.3. The lowest BCUT2D eigenvalue weighted by atomic mass is 10.0. The first-order valence-electron chi connectivity index (χ1n) is 9.04. The van der Waals surface area contributed by atoms with Crippen LogP contribution >= 0.6 is 0 Å². The molecule has 0 spiro atoms. The molecule has 0 saturated carbocycles. The van der Waals surface area contributed by atoms with E-state index in [1.807, 2.05) is 0 Å². The van der Waals surface area contributed by atoms with Gasteiger partial charge in [0.1, 0.15) is 5.82 Å². The van der Waals surface area contributed by atoms with Crippen LogP contribution in [0.15, 0.2) is 42.5 Å². The van der Waals surface area contributed by atoms with Crippen LogP contribution in [0.3, 0.4) is 0 Å². The standard InChI is InChI=1S/C21H26N4/c1-15-9-10-18-21(16(15)2)23-20(22-18)14-25-12-11-24(3)19(13-25)17-7-5-4-6-8-17/h4-10,19H,11-14H2,1-3H3,(H,22,23). The molecule has 1 atom stereocenters. The monoisotopic (exact) mass is 334 g/mol. The van der Waals surface area contributed by atoms with Crippen LogP contribution in [0.1, 0.15) is 28.6 Å². The number of nitrogens with one attached hydrogen (secondary N) is 1. The smallest absolute Gasteiger partial charge is 0.121 e. The Morgan fingerprint density at radius 1 is 1.08 bits per heavy atom. The van der Waals surface area contributed by atoms with Gasteiger partial charge in [0.2, 0.25) is 0 Å². The highest BCUT2D eigenvalue weighted by Crippen LogP contribution is 2.25. The number of hydrogen-bond donors (Lipinski definition) is 1. The number of benzene rings is 2. The molecule has 130 valence electrons. The minimum absolute atomic E-state index is 0.448. The number of aryl methyl sites for hydroxylation is 2. The van der Waals surface area contributed by atoms with Gasteiger partial charge in [-0.05, 0) is 43.7 Å². The summed E-state index contributed by atoms with van der Waals surface area (Å²) in [6.45, 7) is 8.38. The number of aromatic amines is 1. The molecular weight excluding hydrogens is 308 g/mol. The molecule has 1 fully saturated rings. The van der Waals surface area contributed by atoms with E-state index in [4.69, 9.17) is 4.98 Å². The maximum absolute atomic E-state index is 4.87. The van der Waals surface area contributed by atoms with Gasteiger partial charge in [-0.25, -0.2) is 4.98 Å². The number of hydrogen-bond acceptors (Lipinski definition) is 3. The molecule has 1 aliphatic heterocycles. The second kappa shape index (κ2) is 6.62. The highest BCUT2D eigenvalue weighted by molar-refractivity contribution is 5.79. The summed E-state index contributed by atoms with van der Waals surface area (Å²) in [5.74, 6) is 1.07. The van der Waals surface area contributed by atoms with Crippen molar-refractivity contribution in [1.82, 2.24) is 19.8 Å². The first-order chi connectivity index (χ1) is 12.1. The molecule has 4 nitrogen and oxygen atoms in total. The number of imidazole rings is 1. The maximum atomic E-state index is 4.87. The Labute approximate surface area is 149 Å². The molecule has 4 rings (SSSR count). The second-order valence-electron chi connectivity index (χ2n) is 7.23. The number of rotatable bonds is 3. The van der Waals surface area contributed by atoms with Crippen LogP contribution in [-0.4, -0.2) is 46.4 Å². The van der Waals surface area contributed by atoms with Gasteiger partial charge in [-0.3, -0.25) is 9.80 Å². The number of fused-ring (bicyclic) bond motifs is 1. The Hall–Kier alpha value is -2.17. The molecule has 2 heterocycles. The summed E-state index contributed by atoms with van der Waals surface area (Å²) in [4.78, 5) is 13.4. The van der Waals surface area contributed by atoms with Gasteiger partial charge in [-0.1, -0.05) is 36.4 Å². The van der Waals surface area contributed by atoms with Gasteiger partial charge < -0.3 is 4.98 Å². The van der Waals surface area contributed by atoms with E-state index in [1.165, 1.54) is 16.7 Å². The van der Waals surface area contributed by atoms with E-state index in [2.05, 4.69) is 78.1 Å². The van der Waals surface area contributed by atoms with Gasteiger partial charge in [0, 0.05) is 25.7 Å². The predicted molar refractivity (Wildman–Crippen MR) is 103 cm³/mol. The minimum Gasteiger partial charge on any atom is -0.341 e. The minimum atomic E-state index is 0.448. The Morgan fingerprint density at radius 3 is 2.68 bits per heavy atom. The molecule has 1 N–H and O–H groups in total. The van der Waals surface area contributed by atoms with E-state index < -0.39 is 0 Å². The Balaban J connectivity index is 1.54. The molecule has 1 unspecified atom stereocenters. The van der Waals surface area contributed by atoms with Crippen LogP contribution in [0.5, 0.6) is 0 Å². The van der Waals surface area contributed by atoms with Crippen LogP contribution in [0.4, 0.5) is 0 Å². The first kappa shape index (κ1) is 16.3. The molecular formula is C21H26N4. The molecule has 0 aliphatic carbocycles. The van der Waals surface area contributed by atoms with Crippen molar-refractivity contribution in [3.8, 4) is 0 Å². The van der Waals surface area contributed by atoms with Crippen molar-refractivity contribution in [2.45, 2.75) is 26.4 Å². The predicted octanol–water partition coefficient (Wildman–Crippen LogP) is 3.67. The highest BCUT2D eigenvalue weighted by Gasteiger charge is 2.26. The quantitative estimate of drug-likeness (QED) is 0.794. The SMILES string of the molecule is Cc1ccc2[nH]c(CN3CCN(C)C(c4ccccc4)C3)nc2c1C. The van der Waals surface area contributed by atoms with Crippen molar-refractivity contribution >= 4 is 11.0 Å². The van der Waals surface area contributed by atoms with Crippen molar-refractivity contribution in [2.75, 3.05) is 26.7 Å². The van der Waals surface area contributed by atoms with Crippen LogP contribution in [0, 0.1) is 13.8 Å². The fraction of sp³-hybridized carbons (Fsp3) is 0.381. The van der Waals surface area contributed by atoms with Crippen molar-refractivity contribution in [3.05, 3.63) is 65.0 Å². The topological polar surface area (TPSA) is 35.2 Å². The fourth-order valence-electron chi connectivity index (χ4n) is 3.76. The molecule has 0 amide bonds. The lowest BCUT2D eigenvalue weighted by Gasteiger charge is -2.39. The molecule has 1 aromatic heterocycles. The van der Waals surface area contributed by atoms with E-state index in [9.17, 15) is 0 Å². The zero-order chi connectivity index (χ0) is 17.4. The summed E-state index contributed by atoms with van der Waals surface area (Å²) in [6, 6.07) is 15.6. The highest BCUT2D eigenvalue weighted by atomic mass is 15.3. The molecule has 0 radical (unpaired) electrons. The maximum Gasteiger partial charge on any atom is 0.121 e. The normalized spacial score (nSPS) is 19.6. The number of nitrogens with zero attached hydrogens (tertiary/aromatic N) is 3. The average Bonchev–Trinajstić information content (AvgIpc) is 3.04. The lowest BCUT2D eigenvalue weighted by Crippen LogP contribution is -2.46. The summed E-state index contributed by atoms with van der Waals surface area (Å²) < 4.78 is 0. The summed E-state index contributed by atoms with van der Waals surface area (Å²) in [7, 11) is 2.22. The van der Waals surface area contributed by atoms with E-state index in [0.29, 0.717) is 6.04 Å². The Bertz CT molecular complexity index is 868. The van der Waals surface area contributed by atoms with Gasteiger partial charge in [-0.2, -0.15) is 0 Å². The number of piperazine rings is 1. The Morgan fingerprint density at radius 2 is 1.88 bits per heavy atom. The van der Waals surface area contributed by atoms with Gasteiger partial charge in [0.25, 0.3) is 0 Å². The van der Waals surface area contributed by atoms with Crippen LogP contribution < -0.4 is 0 Å². The number of likely N-dealkylation sites (N-methyl/N-ethyl adjacent to an activating group) is 1. The molecule has 3 aromatic rings. The van der Waals surface area contributed by atoms with Crippen molar-refractivity contribution in [2.24, 2.45) is 0 Å². The van der Waals surface area contributed by atoms with E-state index >= 15 is 0 Å². The molecule has 0 bridgehead atoms. The molecule has 1 saturated heterocycles. The van der Waals surface area contributed by atoms with Crippen LogP contribution in [0.2, 0.25) is 0 Å². The third kappa shape index (κ3) is 3.20. The third-order valence-electron chi connectivity index (χ3n) is 5.52. The lowest BCUT2D eigenvalue weighted by molar-refractivity contribution is 0.0889. The average molecular weight is 334 g/mol. The third-order valence-corrected chi connectivity index (χ3v) is 5.52. The molecule has 2 aromatic carbocycles. The van der Waals surface area contributed by atoms with Crippen molar-refractivity contribution < 1.29 is 0 Å². The van der Waals surface area contributed by atoms with E-state index in [0.717, 1.165) is 43.0 Å². The van der Waals surface area contributed by atoms with Crippen molar-refractivity contribution in [3.63, 3.8) is 0 Å². The molecule has 4 heteroatoms. The fourth-order valence-corrected chi connectivity index (χ4v) is 3.76. The van der Waals surface area contributed by atoms with Gasteiger partial charge in [0.15, 0.2) is 0 Å². The summed E-state index contributed by atoms with van der Waals surface area (Å²) in [5.41, 5.74) is 6.23.